The average Bonchev–Trinajstić information content (AvgIpc) is 2.98. The standard InChI is InChI=1S/C19H19N3O2/c1-13-6-2-4-8-16(13)22-19(24)12-21-18(23)10-14-11-20-17-9-5-3-7-15(14)17/h2-9,11,20H,10,12H2,1H3,(H,21,23)(H,22,24). The molecule has 2 amide bonds. The second kappa shape index (κ2) is 7.00. The molecule has 0 spiro atoms. The van der Waals surface area contributed by atoms with Crippen molar-refractivity contribution < 1.29 is 9.59 Å². The highest BCUT2D eigenvalue weighted by Crippen LogP contribution is 2.18. The number of hydrogen-bond donors (Lipinski definition) is 3. The van der Waals surface area contributed by atoms with Gasteiger partial charge in [-0.25, -0.2) is 0 Å². The van der Waals surface area contributed by atoms with Crippen LogP contribution in [-0.2, 0) is 16.0 Å². The largest absolute Gasteiger partial charge is 0.361 e. The second-order valence-electron chi connectivity index (χ2n) is 5.68. The second-order valence-corrected chi connectivity index (χ2v) is 5.68. The number of rotatable bonds is 5. The molecule has 5 nitrogen and oxygen atoms in total. The number of para-hydroxylation sites is 2. The van der Waals surface area contributed by atoms with Crippen LogP contribution in [0.2, 0.25) is 0 Å². The Labute approximate surface area is 140 Å². The Balaban J connectivity index is 1.54. The monoisotopic (exact) mass is 321 g/mol. The van der Waals surface area contributed by atoms with E-state index in [0.717, 1.165) is 27.7 Å². The molecule has 0 fully saturated rings. The van der Waals surface area contributed by atoms with Crippen LogP contribution in [0.1, 0.15) is 11.1 Å². The molecule has 122 valence electrons. The molecule has 3 aromatic rings. The van der Waals surface area contributed by atoms with Crippen LogP contribution >= 0.6 is 0 Å². The molecule has 0 radical (unpaired) electrons. The zero-order valence-corrected chi connectivity index (χ0v) is 13.4. The molecule has 1 heterocycles. The van der Waals surface area contributed by atoms with E-state index in [-0.39, 0.29) is 24.8 Å². The van der Waals surface area contributed by atoms with Gasteiger partial charge in [0.2, 0.25) is 11.8 Å². The van der Waals surface area contributed by atoms with Gasteiger partial charge in [0.15, 0.2) is 0 Å². The number of nitrogens with one attached hydrogen (secondary N) is 3. The van der Waals surface area contributed by atoms with Gasteiger partial charge in [0, 0.05) is 22.8 Å². The van der Waals surface area contributed by atoms with Crippen LogP contribution in [0.15, 0.2) is 54.7 Å². The number of anilines is 1. The number of carbonyl (C=O) groups excluding carboxylic acids is 2. The first-order chi connectivity index (χ1) is 11.6. The van der Waals surface area contributed by atoms with Crippen molar-refractivity contribution in [3.63, 3.8) is 0 Å². The Kier molecular flexibility index (Phi) is 4.61. The molecular weight excluding hydrogens is 302 g/mol. The van der Waals surface area contributed by atoms with Crippen molar-refractivity contribution >= 4 is 28.4 Å². The van der Waals surface area contributed by atoms with Gasteiger partial charge in [-0.05, 0) is 30.2 Å². The molecule has 24 heavy (non-hydrogen) atoms. The topological polar surface area (TPSA) is 74.0 Å². The van der Waals surface area contributed by atoms with Crippen molar-refractivity contribution in [2.75, 3.05) is 11.9 Å². The lowest BCUT2D eigenvalue weighted by atomic mass is 10.1. The summed E-state index contributed by atoms with van der Waals surface area (Å²) >= 11 is 0. The van der Waals surface area contributed by atoms with Crippen molar-refractivity contribution in [3.8, 4) is 0 Å². The van der Waals surface area contributed by atoms with Gasteiger partial charge in [0.25, 0.3) is 0 Å². The molecule has 0 aliphatic heterocycles. The first kappa shape index (κ1) is 15.8. The third kappa shape index (κ3) is 3.63. The van der Waals surface area contributed by atoms with Crippen LogP contribution in [0.25, 0.3) is 10.9 Å². The molecule has 0 saturated carbocycles. The maximum Gasteiger partial charge on any atom is 0.243 e. The number of carbonyl (C=O) groups is 2. The Hall–Kier alpha value is -3.08. The van der Waals surface area contributed by atoms with E-state index in [1.165, 1.54) is 0 Å². The van der Waals surface area contributed by atoms with Crippen molar-refractivity contribution in [3.05, 3.63) is 65.9 Å². The van der Waals surface area contributed by atoms with Gasteiger partial charge in [0.1, 0.15) is 0 Å². The number of benzene rings is 2. The van der Waals surface area contributed by atoms with Crippen molar-refractivity contribution in [1.29, 1.82) is 0 Å². The fourth-order valence-corrected chi connectivity index (χ4v) is 2.60. The number of fused-ring (bicyclic) bond motifs is 1. The van der Waals surface area contributed by atoms with E-state index in [1.54, 1.807) is 0 Å². The molecule has 0 bridgehead atoms. The number of amides is 2. The minimum Gasteiger partial charge on any atom is -0.361 e. The Morgan fingerprint density at radius 3 is 2.58 bits per heavy atom. The molecule has 0 aliphatic carbocycles. The third-order valence-electron chi connectivity index (χ3n) is 3.89. The van der Waals surface area contributed by atoms with Gasteiger partial charge < -0.3 is 15.6 Å². The lowest BCUT2D eigenvalue weighted by Crippen LogP contribution is -2.33. The molecule has 0 unspecified atom stereocenters. The van der Waals surface area contributed by atoms with E-state index in [9.17, 15) is 9.59 Å². The summed E-state index contributed by atoms with van der Waals surface area (Å²) in [4.78, 5) is 27.2. The smallest absolute Gasteiger partial charge is 0.243 e. The quantitative estimate of drug-likeness (QED) is 0.676. The lowest BCUT2D eigenvalue weighted by Gasteiger charge is -2.09. The Morgan fingerprint density at radius 1 is 1.00 bits per heavy atom. The van der Waals surface area contributed by atoms with E-state index < -0.39 is 0 Å². The Morgan fingerprint density at radius 2 is 1.75 bits per heavy atom. The number of H-pyrrole nitrogens is 1. The van der Waals surface area contributed by atoms with Gasteiger partial charge >= 0.3 is 0 Å². The van der Waals surface area contributed by atoms with Crippen LogP contribution in [0, 0.1) is 6.92 Å². The first-order valence-corrected chi connectivity index (χ1v) is 7.80. The molecule has 3 rings (SSSR count). The fourth-order valence-electron chi connectivity index (χ4n) is 2.60. The minimum atomic E-state index is -0.239. The summed E-state index contributed by atoms with van der Waals surface area (Å²) in [5.74, 6) is -0.420. The van der Waals surface area contributed by atoms with E-state index in [2.05, 4.69) is 15.6 Å². The predicted molar refractivity (Wildman–Crippen MR) is 94.8 cm³/mol. The van der Waals surface area contributed by atoms with E-state index in [0.29, 0.717) is 0 Å². The van der Waals surface area contributed by atoms with Crippen LogP contribution in [0.3, 0.4) is 0 Å². The summed E-state index contributed by atoms with van der Waals surface area (Å²) in [6.45, 7) is 1.88. The molecule has 2 aromatic carbocycles. The van der Waals surface area contributed by atoms with Crippen molar-refractivity contribution in [2.45, 2.75) is 13.3 Å². The highest BCUT2D eigenvalue weighted by atomic mass is 16.2. The minimum absolute atomic E-state index is 0.0461. The van der Waals surface area contributed by atoms with E-state index in [1.807, 2.05) is 61.7 Å². The normalized spacial score (nSPS) is 10.5. The van der Waals surface area contributed by atoms with Gasteiger partial charge in [-0.15, -0.1) is 0 Å². The molecule has 3 N–H and O–H groups in total. The number of aromatic nitrogens is 1. The lowest BCUT2D eigenvalue weighted by molar-refractivity contribution is -0.123. The van der Waals surface area contributed by atoms with Crippen molar-refractivity contribution in [2.24, 2.45) is 0 Å². The summed E-state index contributed by atoms with van der Waals surface area (Å²) in [5, 5.41) is 6.48. The molecular formula is C19H19N3O2. The van der Waals surface area contributed by atoms with Gasteiger partial charge in [-0.1, -0.05) is 36.4 Å². The summed E-state index contributed by atoms with van der Waals surface area (Å²) < 4.78 is 0. The number of aryl methyl sites for hydroxylation is 1. The Bertz CT molecular complexity index is 883. The van der Waals surface area contributed by atoms with E-state index >= 15 is 0 Å². The maximum absolute atomic E-state index is 12.1. The fraction of sp³-hybridized carbons (Fsp3) is 0.158. The average molecular weight is 321 g/mol. The zero-order chi connectivity index (χ0) is 16.9. The van der Waals surface area contributed by atoms with Crippen molar-refractivity contribution in [1.82, 2.24) is 10.3 Å². The molecule has 0 saturated heterocycles. The van der Waals surface area contributed by atoms with Crippen LogP contribution in [0.4, 0.5) is 5.69 Å². The van der Waals surface area contributed by atoms with Gasteiger partial charge in [-0.3, -0.25) is 9.59 Å². The predicted octanol–water partition coefficient (Wildman–Crippen LogP) is 2.77. The molecule has 0 atom stereocenters. The van der Waals surface area contributed by atoms with E-state index in [4.69, 9.17) is 0 Å². The SMILES string of the molecule is Cc1ccccc1NC(=O)CNC(=O)Cc1c[nH]c2ccccc12. The number of hydrogen-bond acceptors (Lipinski definition) is 2. The summed E-state index contributed by atoms with van der Waals surface area (Å²) in [5.41, 5.74) is 3.66. The molecule has 0 aliphatic rings. The highest BCUT2D eigenvalue weighted by molar-refractivity contribution is 5.96. The molecule has 5 heteroatoms. The summed E-state index contributed by atoms with van der Waals surface area (Å²) in [6.07, 6.45) is 2.07. The van der Waals surface area contributed by atoms with Crippen LogP contribution < -0.4 is 10.6 Å². The molecule has 1 aromatic heterocycles. The van der Waals surface area contributed by atoms with Gasteiger partial charge in [-0.2, -0.15) is 0 Å². The summed E-state index contributed by atoms with van der Waals surface area (Å²) in [7, 11) is 0. The van der Waals surface area contributed by atoms with Crippen LogP contribution in [0.5, 0.6) is 0 Å². The highest BCUT2D eigenvalue weighted by Gasteiger charge is 2.10. The summed E-state index contributed by atoms with van der Waals surface area (Å²) in [6, 6.07) is 15.3. The third-order valence-corrected chi connectivity index (χ3v) is 3.89. The van der Waals surface area contributed by atoms with Gasteiger partial charge in [0.05, 0.1) is 13.0 Å². The zero-order valence-electron chi connectivity index (χ0n) is 13.4. The maximum atomic E-state index is 12.1. The first-order valence-electron chi connectivity index (χ1n) is 7.80. The van der Waals surface area contributed by atoms with Crippen LogP contribution in [-0.4, -0.2) is 23.3 Å². The number of aromatic amines is 1.